The molecule has 0 heterocycles. The Bertz CT molecular complexity index is 1220. The number of unbranched alkanes of at least 4 members (excludes halogenated alkanes) is 60. The molecule has 1 rings (SSSR count). The molecule has 1 aromatic carbocycles. The summed E-state index contributed by atoms with van der Waals surface area (Å²) in [5.74, 6) is 3.83. The van der Waals surface area contributed by atoms with Gasteiger partial charge in [-0.25, -0.2) is 0 Å². The van der Waals surface area contributed by atoms with Crippen LogP contribution in [0.25, 0.3) is 0 Å². The zero-order valence-electron chi connectivity index (χ0n) is 55.5. The van der Waals surface area contributed by atoms with Crippen LogP contribution in [0.2, 0.25) is 0 Å². The smallest absolute Gasteiger partial charge is 0.0344 e. The van der Waals surface area contributed by atoms with Crippen molar-refractivity contribution in [2.24, 2.45) is 0 Å². The first-order valence-corrected chi connectivity index (χ1v) is 40.6. The number of rotatable bonds is 70. The monoisotopic (exact) mass is 1170 g/mol. The number of benzene rings is 1. The Kier molecular flexibility index (Phi) is 66.9. The summed E-state index contributed by atoms with van der Waals surface area (Å²) in [5.41, 5.74) is 1.45. The van der Waals surface area contributed by atoms with Crippen LogP contribution >= 0.6 is 35.3 Å². The van der Waals surface area contributed by atoms with Crippen molar-refractivity contribution in [1.82, 2.24) is 0 Å². The Morgan fingerprint density at radius 1 is 0.212 bits per heavy atom. The van der Waals surface area contributed by atoms with Gasteiger partial charge in [0.15, 0.2) is 0 Å². The summed E-state index contributed by atoms with van der Waals surface area (Å²) in [5, 5.41) is 0. The summed E-state index contributed by atoms with van der Waals surface area (Å²) in [7, 11) is 0. The molecule has 0 saturated carbocycles. The molecule has 0 N–H and O–H groups in total. The Morgan fingerprint density at radius 2 is 0.362 bits per heavy atom. The fraction of sp³-hybridized carbons (Fsp3) is 0.909. The molecule has 0 nitrogen and oxygen atoms in total. The van der Waals surface area contributed by atoms with E-state index in [1.54, 1.807) is 14.7 Å². The third-order valence-electron chi connectivity index (χ3n) is 17.9. The molecule has 0 aliphatic heterocycles. The van der Waals surface area contributed by atoms with Crippen molar-refractivity contribution in [3.8, 4) is 0 Å². The molecule has 0 aliphatic rings. The summed E-state index contributed by atoms with van der Waals surface area (Å²) in [4.78, 5) is 4.78. The number of hydrogen-bond donors (Lipinski definition) is 0. The van der Waals surface area contributed by atoms with Crippen molar-refractivity contribution in [1.29, 1.82) is 0 Å². The van der Waals surface area contributed by atoms with Gasteiger partial charge in [0.25, 0.3) is 0 Å². The van der Waals surface area contributed by atoms with E-state index in [1.165, 1.54) is 427 Å². The van der Waals surface area contributed by atoms with Crippen molar-refractivity contribution >= 4 is 35.3 Å². The molecule has 0 spiro atoms. The predicted octanol–water partition coefficient (Wildman–Crippen LogP) is 30.0. The molecule has 0 aromatic heterocycles. The third kappa shape index (κ3) is 57.3. The highest BCUT2D eigenvalue weighted by Gasteiger charge is 2.14. The van der Waals surface area contributed by atoms with E-state index in [0.29, 0.717) is 0 Å². The first kappa shape index (κ1) is 78.3. The molecule has 3 heteroatoms. The molecule has 0 unspecified atom stereocenters. The van der Waals surface area contributed by atoms with Crippen LogP contribution in [0.15, 0.2) is 26.8 Å². The van der Waals surface area contributed by atoms with Crippen molar-refractivity contribution < 1.29 is 0 Å². The van der Waals surface area contributed by atoms with E-state index in [1.807, 2.05) is 0 Å². The van der Waals surface area contributed by atoms with Crippen LogP contribution in [0, 0.1) is 6.92 Å². The molecule has 0 amide bonds. The van der Waals surface area contributed by atoms with Gasteiger partial charge < -0.3 is 0 Å². The van der Waals surface area contributed by atoms with Crippen LogP contribution in [-0.4, -0.2) is 17.3 Å². The van der Waals surface area contributed by atoms with Gasteiger partial charge in [0, 0.05) is 14.7 Å². The van der Waals surface area contributed by atoms with E-state index in [0.717, 1.165) is 6.42 Å². The van der Waals surface area contributed by atoms with Gasteiger partial charge >= 0.3 is 0 Å². The van der Waals surface area contributed by atoms with Crippen LogP contribution < -0.4 is 0 Å². The molecule has 0 aliphatic carbocycles. The van der Waals surface area contributed by atoms with E-state index in [9.17, 15) is 0 Å². The summed E-state index contributed by atoms with van der Waals surface area (Å²) in [6.45, 7) is 11.3. The van der Waals surface area contributed by atoms with E-state index >= 15 is 0 Å². The zero-order valence-corrected chi connectivity index (χ0v) is 57.9. The van der Waals surface area contributed by atoms with Gasteiger partial charge in [0.1, 0.15) is 0 Å². The second-order valence-corrected chi connectivity index (χ2v) is 29.3. The molecule has 0 fully saturated rings. The van der Waals surface area contributed by atoms with E-state index < -0.39 is 0 Å². The van der Waals surface area contributed by atoms with Crippen molar-refractivity contribution in [2.45, 2.75) is 446 Å². The lowest BCUT2D eigenvalue weighted by Gasteiger charge is -2.16. The Morgan fingerprint density at radius 3 is 0.525 bits per heavy atom. The molecule has 0 atom stereocenters. The molecule has 1 radical (unpaired) electrons. The first-order valence-electron chi connectivity index (χ1n) is 37.6. The lowest BCUT2D eigenvalue weighted by molar-refractivity contribution is 0.521. The van der Waals surface area contributed by atoms with Crippen LogP contribution in [0.3, 0.4) is 0 Å². The Balaban J connectivity index is 2.34. The van der Waals surface area contributed by atoms with Crippen LogP contribution in [-0.2, 0) is 6.42 Å². The molecule has 473 valence electrons. The SMILES string of the molecule is [CH2]Cc1cc(SCCCCCCCCCCCCCCCCCCCCCCC)c(SCCCCCCCCCCCCCCCCCCCCCCC)c(SCCCCCCCCCCCCCCCCCCCCCCC)c1. The fourth-order valence-corrected chi connectivity index (χ4v) is 16.1. The van der Waals surface area contributed by atoms with E-state index in [2.05, 4.69) is 75.1 Å². The van der Waals surface area contributed by atoms with Crippen molar-refractivity contribution in [3.05, 3.63) is 24.6 Å². The average molecular weight is 1170 g/mol. The van der Waals surface area contributed by atoms with Gasteiger partial charge in [-0.05, 0) is 67.6 Å². The summed E-state index contributed by atoms with van der Waals surface area (Å²) in [6, 6.07) is 5.08. The molecular formula is C77H147S3. The normalized spacial score (nSPS) is 11.8. The van der Waals surface area contributed by atoms with Gasteiger partial charge in [0.2, 0.25) is 0 Å². The average Bonchev–Trinajstić information content (AvgIpc) is 3.49. The maximum Gasteiger partial charge on any atom is 0.0344 e. The Labute approximate surface area is 520 Å². The summed E-state index contributed by atoms with van der Waals surface area (Å²) >= 11 is 6.57. The topological polar surface area (TPSA) is 0 Å². The second-order valence-electron chi connectivity index (χ2n) is 25.9. The van der Waals surface area contributed by atoms with Crippen LogP contribution in [0.5, 0.6) is 0 Å². The summed E-state index contributed by atoms with van der Waals surface area (Å²) < 4.78 is 0. The van der Waals surface area contributed by atoms with Gasteiger partial charge in [-0.2, -0.15) is 0 Å². The molecule has 80 heavy (non-hydrogen) atoms. The summed E-state index contributed by atoms with van der Waals surface area (Å²) in [6.07, 6.45) is 92.6. The number of hydrogen-bond acceptors (Lipinski definition) is 3. The first-order chi connectivity index (χ1) is 39.8. The van der Waals surface area contributed by atoms with E-state index in [-0.39, 0.29) is 0 Å². The standard InChI is InChI=1S/C77H147S3/c1-5-9-12-15-18-21-24-27-30-33-36-39-42-45-48-51-54-57-60-63-66-69-78-75-72-74(8-4)73-76(79-70-67-64-61-58-55-52-49-46-43-40-37-34-31-28-25-22-19-16-13-10-6-2)77(75)80-71-68-65-62-59-56-53-50-47-44-41-38-35-32-29-26-23-20-17-14-11-7-3/h72-73H,4-71H2,1-3H3. The maximum absolute atomic E-state index is 4.39. The van der Waals surface area contributed by atoms with Gasteiger partial charge in [0.05, 0.1) is 0 Å². The minimum Gasteiger partial charge on any atom is -0.125 e. The largest absolute Gasteiger partial charge is 0.125 e. The quantitative estimate of drug-likeness (QED) is 0.0471. The minimum atomic E-state index is 0.907. The number of thioether (sulfide) groups is 3. The second kappa shape index (κ2) is 68.4. The lowest BCUT2D eigenvalue weighted by atomic mass is 10.0. The van der Waals surface area contributed by atoms with E-state index in [4.69, 9.17) is 0 Å². The van der Waals surface area contributed by atoms with Gasteiger partial charge in [-0.3, -0.25) is 0 Å². The molecule has 0 bridgehead atoms. The zero-order chi connectivity index (χ0) is 57.2. The molecule has 0 saturated heterocycles. The minimum absolute atomic E-state index is 0.907. The highest BCUT2D eigenvalue weighted by Crippen LogP contribution is 2.41. The Hall–Kier alpha value is 0.270. The maximum atomic E-state index is 4.39. The molecule has 1 aromatic rings. The van der Waals surface area contributed by atoms with Crippen LogP contribution in [0.4, 0.5) is 0 Å². The fourth-order valence-electron chi connectivity index (χ4n) is 12.3. The van der Waals surface area contributed by atoms with Gasteiger partial charge in [-0.1, -0.05) is 406 Å². The van der Waals surface area contributed by atoms with Crippen molar-refractivity contribution in [3.63, 3.8) is 0 Å². The predicted molar refractivity (Wildman–Crippen MR) is 376 cm³/mol. The molecular weight excluding hydrogens is 1020 g/mol. The highest BCUT2D eigenvalue weighted by atomic mass is 32.2. The lowest BCUT2D eigenvalue weighted by Crippen LogP contribution is -1.94. The van der Waals surface area contributed by atoms with Crippen molar-refractivity contribution in [2.75, 3.05) is 17.3 Å². The van der Waals surface area contributed by atoms with Crippen LogP contribution in [0.1, 0.15) is 431 Å². The third-order valence-corrected chi connectivity index (χ3v) is 21.6. The van der Waals surface area contributed by atoms with Gasteiger partial charge in [-0.15, -0.1) is 35.3 Å². The highest BCUT2D eigenvalue weighted by molar-refractivity contribution is 8.03.